The van der Waals surface area contributed by atoms with E-state index in [9.17, 15) is 22.8 Å². The highest BCUT2D eigenvalue weighted by Gasteiger charge is 2.41. The molecule has 2 aliphatic heterocycles. The van der Waals surface area contributed by atoms with Gasteiger partial charge in [0, 0.05) is 24.1 Å². The van der Waals surface area contributed by atoms with Gasteiger partial charge in [-0.2, -0.15) is 18.2 Å². The van der Waals surface area contributed by atoms with Crippen LogP contribution in [-0.4, -0.2) is 52.4 Å². The van der Waals surface area contributed by atoms with Gasteiger partial charge in [0.2, 0.25) is 5.82 Å². The molecular weight excluding hydrogens is 397 g/mol. The summed E-state index contributed by atoms with van der Waals surface area (Å²) in [5.74, 6) is -2.11. The maximum Gasteiger partial charge on any atom is 0.471 e. The van der Waals surface area contributed by atoms with Gasteiger partial charge in [-0.25, -0.2) is 4.79 Å². The second-order valence-electron chi connectivity index (χ2n) is 6.63. The van der Waals surface area contributed by atoms with Crippen LogP contribution in [0.4, 0.5) is 18.0 Å². The van der Waals surface area contributed by atoms with Gasteiger partial charge in [-0.1, -0.05) is 17.3 Å². The summed E-state index contributed by atoms with van der Waals surface area (Å²) in [4.78, 5) is 28.9. The number of ether oxygens (including phenoxy) is 2. The Morgan fingerprint density at radius 1 is 1.34 bits per heavy atom. The molecule has 0 unspecified atom stereocenters. The molecule has 0 spiro atoms. The second kappa shape index (κ2) is 7.03. The zero-order chi connectivity index (χ0) is 20.8. The first-order valence-electron chi connectivity index (χ1n) is 8.63. The highest BCUT2D eigenvalue weighted by molar-refractivity contribution is 5.99. The quantitative estimate of drug-likeness (QED) is 0.818. The number of rotatable bonds is 3. The van der Waals surface area contributed by atoms with E-state index in [-0.39, 0.29) is 30.4 Å². The third-order valence-corrected chi connectivity index (χ3v) is 4.80. The molecule has 1 aromatic heterocycles. The number of hydrogen-bond donors (Lipinski definition) is 1. The number of alkyl halides is 3. The van der Waals surface area contributed by atoms with Gasteiger partial charge in [0.15, 0.2) is 0 Å². The van der Waals surface area contributed by atoms with Crippen LogP contribution in [0.15, 0.2) is 22.7 Å². The molecule has 2 amide bonds. The van der Waals surface area contributed by atoms with Gasteiger partial charge in [0.05, 0.1) is 19.3 Å². The van der Waals surface area contributed by atoms with E-state index in [1.165, 1.54) is 17.0 Å². The van der Waals surface area contributed by atoms with Gasteiger partial charge in [0.25, 0.3) is 5.91 Å². The first-order valence-corrected chi connectivity index (χ1v) is 8.63. The van der Waals surface area contributed by atoms with Gasteiger partial charge in [0.1, 0.15) is 6.10 Å². The maximum atomic E-state index is 12.9. The molecule has 1 aromatic carbocycles. The molecule has 4 rings (SSSR count). The Morgan fingerprint density at radius 3 is 2.83 bits per heavy atom. The van der Waals surface area contributed by atoms with Crippen molar-refractivity contribution in [1.29, 1.82) is 0 Å². The summed E-state index contributed by atoms with van der Waals surface area (Å²) < 4.78 is 52.8. The summed E-state index contributed by atoms with van der Waals surface area (Å²) >= 11 is 0. The van der Waals surface area contributed by atoms with Crippen molar-refractivity contribution in [3.05, 3.63) is 35.2 Å². The monoisotopic (exact) mass is 412 g/mol. The predicted octanol–water partition coefficient (Wildman–Crippen LogP) is 1.96. The molecule has 0 bridgehead atoms. The van der Waals surface area contributed by atoms with E-state index in [1.807, 2.05) is 0 Å². The van der Waals surface area contributed by atoms with E-state index in [4.69, 9.17) is 15.2 Å². The minimum atomic E-state index is -4.76. The Kier molecular flexibility index (Phi) is 4.65. The molecule has 2 atom stereocenters. The minimum absolute atomic E-state index is 0.171. The molecule has 29 heavy (non-hydrogen) atoms. The summed E-state index contributed by atoms with van der Waals surface area (Å²) in [5.41, 5.74) is 6.29. The summed E-state index contributed by atoms with van der Waals surface area (Å²) in [6.07, 6.45) is -5.91. The number of fused-ring (bicyclic) bond motifs is 1. The number of amides is 2. The van der Waals surface area contributed by atoms with Crippen LogP contribution >= 0.6 is 0 Å². The van der Waals surface area contributed by atoms with Crippen molar-refractivity contribution in [3.8, 4) is 11.4 Å². The first-order chi connectivity index (χ1) is 13.7. The molecule has 154 valence electrons. The lowest BCUT2D eigenvalue weighted by atomic mass is 10.0. The number of nitrogens with two attached hydrogens (primary N) is 1. The molecule has 2 aliphatic rings. The molecule has 1 saturated heterocycles. The summed E-state index contributed by atoms with van der Waals surface area (Å²) in [6.45, 7) is 0.776. The fourth-order valence-corrected chi connectivity index (χ4v) is 3.47. The zero-order valence-electron chi connectivity index (χ0n) is 14.8. The van der Waals surface area contributed by atoms with Crippen LogP contribution in [-0.2, 0) is 22.2 Å². The van der Waals surface area contributed by atoms with Crippen molar-refractivity contribution in [2.45, 2.75) is 31.3 Å². The Morgan fingerprint density at radius 2 is 2.14 bits per heavy atom. The molecule has 3 heterocycles. The van der Waals surface area contributed by atoms with Crippen molar-refractivity contribution < 1.29 is 36.8 Å². The molecule has 2 aromatic rings. The molecule has 0 aliphatic carbocycles. The lowest BCUT2D eigenvalue weighted by Crippen LogP contribution is -2.51. The number of carbonyl (C=O) groups excluding carboxylic acids is 2. The molecule has 0 radical (unpaired) electrons. The normalized spacial score (nSPS) is 21.9. The average Bonchev–Trinajstić information content (AvgIpc) is 3.27. The number of benzene rings is 1. The lowest BCUT2D eigenvalue weighted by Gasteiger charge is -2.36. The van der Waals surface area contributed by atoms with Crippen LogP contribution in [0, 0.1) is 0 Å². The van der Waals surface area contributed by atoms with Crippen LogP contribution in [0.25, 0.3) is 11.4 Å². The van der Waals surface area contributed by atoms with Crippen LogP contribution < -0.4 is 5.73 Å². The van der Waals surface area contributed by atoms with Crippen molar-refractivity contribution in [2.75, 3.05) is 13.2 Å². The predicted molar refractivity (Wildman–Crippen MR) is 88.3 cm³/mol. The highest BCUT2D eigenvalue weighted by atomic mass is 19.4. The first kappa shape index (κ1) is 19.2. The number of hydrogen-bond acceptors (Lipinski definition) is 7. The molecule has 12 heteroatoms. The van der Waals surface area contributed by atoms with Crippen LogP contribution in [0.3, 0.4) is 0 Å². The highest BCUT2D eigenvalue weighted by Crippen LogP contribution is 2.33. The summed E-state index contributed by atoms with van der Waals surface area (Å²) in [6, 6.07) is 4.01. The number of primary amides is 1. The standard InChI is InChI=1S/C17H15F3N4O5/c18-17(19,20)15-22-13(23-29-15)8-1-2-9-6-24(14(25)10(9)5-8)11-7-27-4-3-12(11)28-16(21)26/h1-2,5,11-12H,3-4,6-7H2,(H2,21,26)/t11-,12+/m1/s1. The van der Waals surface area contributed by atoms with Crippen molar-refractivity contribution in [3.63, 3.8) is 0 Å². The number of carbonyl (C=O) groups is 2. The fourth-order valence-electron chi connectivity index (χ4n) is 3.47. The van der Waals surface area contributed by atoms with Crippen molar-refractivity contribution >= 4 is 12.0 Å². The van der Waals surface area contributed by atoms with E-state index in [2.05, 4.69) is 14.7 Å². The molecule has 1 fully saturated rings. The van der Waals surface area contributed by atoms with E-state index < -0.39 is 30.3 Å². The Labute approximate surface area is 161 Å². The molecular formula is C17H15F3N4O5. The zero-order valence-corrected chi connectivity index (χ0v) is 14.8. The van der Waals surface area contributed by atoms with Gasteiger partial charge in [-0.05, 0) is 11.6 Å². The summed E-state index contributed by atoms with van der Waals surface area (Å²) in [7, 11) is 0. The Hall–Kier alpha value is -3.15. The van der Waals surface area contributed by atoms with Gasteiger partial charge in [-0.15, -0.1) is 0 Å². The van der Waals surface area contributed by atoms with E-state index in [1.54, 1.807) is 6.07 Å². The maximum absolute atomic E-state index is 12.9. The van der Waals surface area contributed by atoms with Gasteiger partial charge < -0.3 is 24.6 Å². The molecule has 2 N–H and O–H groups in total. The van der Waals surface area contributed by atoms with E-state index in [0.29, 0.717) is 24.2 Å². The number of aromatic nitrogens is 2. The molecule has 9 nitrogen and oxygen atoms in total. The average molecular weight is 412 g/mol. The van der Waals surface area contributed by atoms with Crippen LogP contribution in [0.2, 0.25) is 0 Å². The van der Waals surface area contributed by atoms with Gasteiger partial charge >= 0.3 is 18.2 Å². The Balaban J connectivity index is 1.59. The minimum Gasteiger partial charge on any atom is -0.444 e. The van der Waals surface area contributed by atoms with Crippen molar-refractivity contribution in [1.82, 2.24) is 15.0 Å². The fraction of sp³-hybridized carbons (Fsp3) is 0.412. The molecule has 0 saturated carbocycles. The van der Waals surface area contributed by atoms with Gasteiger partial charge in [-0.3, -0.25) is 4.79 Å². The lowest BCUT2D eigenvalue weighted by molar-refractivity contribution is -0.159. The largest absolute Gasteiger partial charge is 0.471 e. The van der Waals surface area contributed by atoms with Crippen LogP contribution in [0.1, 0.15) is 28.2 Å². The SMILES string of the molecule is NC(=O)O[C@H]1CCOC[C@H]1N1Cc2ccc(-c3noc(C(F)(F)F)n3)cc2C1=O. The topological polar surface area (TPSA) is 121 Å². The Bertz CT molecular complexity index is 961. The number of halogens is 3. The smallest absolute Gasteiger partial charge is 0.444 e. The van der Waals surface area contributed by atoms with E-state index in [0.717, 1.165) is 0 Å². The van der Waals surface area contributed by atoms with E-state index >= 15 is 0 Å². The van der Waals surface area contributed by atoms with Crippen LogP contribution in [0.5, 0.6) is 0 Å². The van der Waals surface area contributed by atoms with Crippen molar-refractivity contribution in [2.24, 2.45) is 5.73 Å². The summed E-state index contributed by atoms with van der Waals surface area (Å²) in [5, 5.41) is 3.33. The second-order valence-corrected chi connectivity index (χ2v) is 6.63. The third-order valence-electron chi connectivity index (χ3n) is 4.80. The third kappa shape index (κ3) is 3.62. The number of nitrogens with zero attached hydrogens (tertiary/aromatic N) is 3.